The van der Waals surface area contributed by atoms with Crippen LogP contribution in [0.25, 0.3) is 22.0 Å². The number of fused-ring (bicyclic) bond motifs is 1. The largest absolute Gasteiger partial charge is 0.374 e. The molecule has 10 heteroatoms. The molecule has 1 unspecified atom stereocenters. The molecule has 0 bridgehead atoms. The minimum atomic E-state index is -1.59. The fourth-order valence-corrected chi connectivity index (χ4v) is 5.43. The predicted molar refractivity (Wildman–Crippen MR) is 168 cm³/mol. The van der Waals surface area contributed by atoms with Crippen molar-refractivity contribution < 1.29 is 14.3 Å². The molecule has 0 fully saturated rings. The third kappa shape index (κ3) is 5.68. The lowest BCUT2D eigenvalue weighted by atomic mass is 9.82. The number of aryl methyl sites for hydroxylation is 1. The lowest BCUT2D eigenvalue weighted by molar-refractivity contribution is 0.117. The van der Waals surface area contributed by atoms with Crippen molar-refractivity contribution in [2.75, 3.05) is 10.6 Å². The van der Waals surface area contributed by atoms with E-state index in [-0.39, 0.29) is 5.82 Å². The number of pyridine rings is 1. The first kappa shape index (κ1) is 28.4. The molecule has 0 saturated carbocycles. The highest BCUT2D eigenvalue weighted by molar-refractivity contribution is 6.31. The summed E-state index contributed by atoms with van der Waals surface area (Å²) in [6.07, 6.45) is 3.25. The Morgan fingerprint density at radius 3 is 2.37 bits per heavy atom. The van der Waals surface area contributed by atoms with Gasteiger partial charge < -0.3 is 15.0 Å². The van der Waals surface area contributed by atoms with Gasteiger partial charge in [-0.3, -0.25) is 5.32 Å². The topological polar surface area (TPSA) is 92.1 Å². The van der Waals surface area contributed by atoms with E-state index in [2.05, 4.69) is 20.6 Å². The van der Waals surface area contributed by atoms with Crippen molar-refractivity contribution >= 4 is 51.6 Å². The lowest BCUT2D eigenvalue weighted by Gasteiger charge is -2.30. The van der Waals surface area contributed by atoms with Crippen LogP contribution in [0.3, 0.4) is 0 Å². The summed E-state index contributed by atoms with van der Waals surface area (Å²) in [6.45, 7) is 0. The maximum atomic E-state index is 13.6. The Labute approximate surface area is 256 Å². The van der Waals surface area contributed by atoms with Gasteiger partial charge in [0.05, 0.1) is 23.7 Å². The van der Waals surface area contributed by atoms with Gasteiger partial charge in [0, 0.05) is 28.2 Å². The van der Waals surface area contributed by atoms with E-state index < -0.39 is 17.4 Å². The molecular weight excluding hydrogens is 588 g/mol. The summed E-state index contributed by atoms with van der Waals surface area (Å²) in [5.41, 5.74) is 2.50. The Bertz CT molecular complexity index is 1980. The van der Waals surface area contributed by atoms with E-state index in [1.807, 2.05) is 31.3 Å². The van der Waals surface area contributed by atoms with Gasteiger partial charge in [-0.2, -0.15) is 0 Å². The molecule has 2 heterocycles. The van der Waals surface area contributed by atoms with Crippen LogP contribution < -0.4 is 10.6 Å². The highest BCUT2D eigenvalue weighted by Gasteiger charge is 2.37. The van der Waals surface area contributed by atoms with Crippen molar-refractivity contribution in [2.24, 2.45) is 7.05 Å². The highest BCUT2D eigenvalue weighted by Crippen LogP contribution is 2.40. The van der Waals surface area contributed by atoms with Crippen LogP contribution >= 0.6 is 23.2 Å². The maximum Gasteiger partial charge on any atom is 0.324 e. The van der Waals surface area contributed by atoms with Crippen molar-refractivity contribution in [1.82, 2.24) is 14.5 Å². The number of halogens is 3. The number of aliphatic hydroxyl groups is 1. The number of rotatable bonds is 6. The van der Waals surface area contributed by atoms with Crippen molar-refractivity contribution in [2.45, 2.75) is 5.60 Å². The van der Waals surface area contributed by atoms with Crippen molar-refractivity contribution in [1.29, 1.82) is 0 Å². The van der Waals surface area contributed by atoms with Crippen molar-refractivity contribution in [3.05, 3.63) is 142 Å². The molecule has 7 nitrogen and oxygen atoms in total. The Morgan fingerprint density at radius 1 is 0.884 bits per heavy atom. The minimum Gasteiger partial charge on any atom is -0.374 e. The molecule has 2 aromatic heterocycles. The van der Waals surface area contributed by atoms with Crippen molar-refractivity contribution in [3.63, 3.8) is 0 Å². The average Bonchev–Trinajstić information content (AvgIpc) is 3.42. The highest BCUT2D eigenvalue weighted by atomic mass is 35.5. The molecule has 1 atom stereocenters. The van der Waals surface area contributed by atoms with Gasteiger partial charge in [-0.15, -0.1) is 0 Å². The van der Waals surface area contributed by atoms with Crippen LogP contribution in [-0.4, -0.2) is 25.7 Å². The summed E-state index contributed by atoms with van der Waals surface area (Å²) in [5.74, 6) is -0.200. The zero-order valence-corrected chi connectivity index (χ0v) is 24.2. The molecule has 0 saturated heterocycles. The van der Waals surface area contributed by atoms with E-state index in [1.165, 1.54) is 18.2 Å². The first-order chi connectivity index (χ1) is 20.7. The second-order valence-corrected chi connectivity index (χ2v) is 10.9. The van der Waals surface area contributed by atoms with Crippen LogP contribution in [0.2, 0.25) is 10.0 Å². The van der Waals surface area contributed by atoms with Gasteiger partial charge in [0.25, 0.3) is 0 Å². The smallest absolute Gasteiger partial charge is 0.324 e. The summed E-state index contributed by atoms with van der Waals surface area (Å²) < 4.78 is 15.4. The number of amides is 2. The molecule has 43 heavy (non-hydrogen) atoms. The number of urea groups is 1. The first-order valence-electron chi connectivity index (χ1n) is 13.2. The normalized spacial score (nSPS) is 12.6. The molecule has 2 amide bonds. The zero-order valence-electron chi connectivity index (χ0n) is 22.7. The number of nitrogens with one attached hydrogen (secondary N) is 2. The first-order valence-corrected chi connectivity index (χ1v) is 14.0. The van der Waals surface area contributed by atoms with Crippen LogP contribution in [0, 0.1) is 5.82 Å². The second-order valence-electron chi connectivity index (χ2n) is 9.99. The summed E-state index contributed by atoms with van der Waals surface area (Å²) in [7, 11) is 1.82. The SMILES string of the molecule is Cn1cncc1C(O)(c1ccc(Cl)cc1)c1ccc2nc(NC(=O)Nc3cccc(F)c3)cc(-c3cccc(Cl)c3)c2c1. The van der Waals surface area contributed by atoms with Gasteiger partial charge in [0.2, 0.25) is 0 Å². The summed E-state index contributed by atoms with van der Waals surface area (Å²) >= 11 is 12.5. The summed E-state index contributed by atoms with van der Waals surface area (Å²) in [6, 6.07) is 26.5. The standard InChI is InChI=1S/C33H24Cl2FN5O2/c1-41-19-37-18-30(41)33(43,21-8-11-23(34)12-9-21)22-10-13-29-28(15-22)27(20-4-2-5-24(35)14-20)17-31(39-29)40-32(42)38-26-7-3-6-25(36)16-26/h2-19,43H,1H3,(H2,38,39,40,42). The summed E-state index contributed by atoms with van der Waals surface area (Å²) in [5, 5.41) is 19.6. The number of benzene rings is 4. The van der Waals surface area contributed by atoms with Crippen LogP contribution in [-0.2, 0) is 12.6 Å². The monoisotopic (exact) mass is 611 g/mol. The molecule has 214 valence electrons. The Kier molecular flexibility index (Phi) is 7.58. The number of aromatic nitrogens is 3. The second kappa shape index (κ2) is 11.5. The fourth-order valence-electron chi connectivity index (χ4n) is 5.11. The molecule has 6 aromatic rings. The molecular formula is C33H24Cl2FN5O2. The number of nitrogens with zero attached hydrogens (tertiary/aromatic N) is 3. The molecule has 0 spiro atoms. The van der Waals surface area contributed by atoms with Gasteiger partial charge in [-0.1, -0.05) is 59.6 Å². The molecule has 0 aliphatic carbocycles. The minimum absolute atomic E-state index is 0.267. The van der Waals surface area contributed by atoms with Gasteiger partial charge >= 0.3 is 6.03 Å². The molecule has 0 aliphatic rings. The molecule has 3 N–H and O–H groups in total. The Morgan fingerprint density at radius 2 is 1.65 bits per heavy atom. The number of anilines is 2. The van der Waals surface area contributed by atoms with Gasteiger partial charge in [0.15, 0.2) is 5.60 Å². The Hall–Kier alpha value is -4.76. The Balaban J connectivity index is 1.49. The molecule has 4 aromatic carbocycles. The number of hydrogen-bond donors (Lipinski definition) is 3. The number of hydrogen-bond acceptors (Lipinski definition) is 4. The maximum absolute atomic E-state index is 13.6. The van der Waals surface area contributed by atoms with E-state index in [9.17, 15) is 14.3 Å². The fraction of sp³-hybridized carbons (Fsp3) is 0.0606. The van der Waals surface area contributed by atoms with Crippen LogP contribution in [0.15, 0.2) is 110 Å². The van der Waals surface area contributed by atoms with Gasteiger partial charge in [0.1, 0.15) is 11.6 Å². The quantitative estimate of drug-likeness (QED) is 0.178. The predicted octanol–water partition coefficient (Wildman–Crippen LogP) is 8.01. The third-order valence-corrected chi connectivity index (χ3v) is 7.62. The number of imidazole rings is 1. The third-order valence-electron chi connectivity index (χ3n) is 7.14. The number of carbonyl (C=O) groups is 1. The van der Waals surface area contributed by atoms with Crippen molar-refractivity contribution in [3.8, 4) is 11.1 Å². The van der Waals surface area contributed by atoms with Gasteiger partial charge in [-0.25, -0.2) is 19.2 Å². The van der Waals surface area contributed by atoms with E-state index in [1.54, 1.807) is 71.7 Å². The average molecular weight is 612 g/mol. The zero-order chi connectivity index (χ0) is 30.1. The van der Waals surface area contributed by atoms with E-state index >= 15 is 0 Å². The van der Waals surface area contributed by atoms with Gasteiger partial charge in [-0.05, 0) is 82.9 Å². The summed E-state index contributed by atoms with van der Waals surface area (Å²) in [4.78, 5) is 21.7. The number of carbonyl (C=O) groups excluding carboxylic acids is 1. The molecule has 6 rings (SSSR count). The molecule has 0 radical (unpaired) electrons. The van der Waals surface area contributed by atoms with Crippen LogP contribution in [0.1, 0.15) is 16.8 Å². The lowest BCUT2D eigenvalue weighted by Crippen LogP contribution is -2.31. The van der Waals surface area contributed by atoms with Crippen LogP contribution in [0.5, 0.6) is 0 Å². The van der Waals surface area contributed by atoms with Crippen LogP contribution in [0.4, 0.5) is 20.7 Å². The van der Waals surface area contributed by atoms with E-state index in [4.69, 9.17) is 23.2 Å². The van der Waals surface area contributed by atoms with E-state index in [0.717, 1.165) is 11.1 Å². The molecule has 0 aliphatic heterocycles. The van der Waals surface area contributed by atoms with E-state index in [0.29, 0.717) is 43.5 Å².